The Morgan fingerprint density at radius 3 is 2.31 bits per heavy atom. The van der Waals surface area contributed by atoms with E-state index in [1.54, 1.807) is 0 Å². The predicted molar refractivity (Wildman–Crippen MR) is 204 cm³/mol. The molecule has 8 nitrogen and oxygen atoms in total. The van der Waals surface area contributed by atoms with Crippen LogP contribution in [0.3, 0.4) is 0 Å². The Morgan fingerprint density at radius 2 is 1.51 bits per heavy atom. The Morgan fingerprint density at radius 1 is 0.765 bits per heavy atom. The molecule has 5 aromatic carbocycles. The molecule has 0 bridgehead atoms. The van der Waals surface area contributed by atoms with E-state index in [0.29, 0.717) is 28.5 Å². The van der Waals surface area contributed by atoms with Gasteiger partial charge in [0.2, 0.25) is 4.96 Å². The van der Waals surface area contributed by atoms with Gasteiger partial charge in [0.15, 0.2) is 5.82 Å². The third-order valence-electron chi connectivity index (χ3n) is 8.43. The van der Waals surface area contributed by atoms with Crippen LogP contribution >= 0.6 is 11.3 Å². The molecular weight excluding hydrogens is 655 g/mol. The van der Waals surface area contributed by atoms with Crippen molar-refractivity contribution in [2.45, 2.75) is 20.0 Å². The molecule has 0 unspecified atom stereocenters. The molecule has 250 valence electrons. The maximum absolute atomic E-state index is 13.5. The van der Waals surface area contributed by atoms with Crippen LogP contribution < -0.4 is 19.6 Å². The fourth-order valence-corrected chi connectivity index (χ4v) is 6.75. The van der Waals surface area contributed by atoms with E-state index >= 15 is 0 Å². The summed E-state index contributed by atoms with van der Waals surface area (Å²) in [6.45, 7) is 3.23. The van der Waals surface area contributed by atoms with Gasteiger partial charge in [-0.2, -0.15) is 14.6 Å². The molecule has 0 atom stereocenters. The van der Waals surface area contributed by atoms with Crippen LogP contribution in [0.25, 0.3) is 50.9 Å². The molecule has 0 saturated heterocycles. The van der Waals surface area contributed by atoms with Gasteiger partial charge in [-0.25, -0.2) is 4.68 Å². The highest BCUT2D eigenvalue weighted by molar-refractivity contribution is 7.15. The van der Waals surface area contributed by atoms with Crippen molar-refractivity contribution in [1.82, 2.24) is 24.4 Å². The molecule has 8 rings (SSSR count). The summed E-state index contributed by atoms with van der Waals surface area (Å²) in [5.41, 5.74) is 5.25. The highest BCUT2D eigenvalue weighted by Gasteiger charge is 2.14. The first-order valence-corrected chi connectivity index (χ1v) is 17.6. The summed E-state index contributed by atoms with van der Waals surface area (Å²) < 4.78 is 15.6. The van der Waals surface area contributed by atoms with E-state index in [1.807, 2.05) is 120 Å². The summed E-state index contributed by atoms with van der Waals surface area (Å²) >= 11 is 1.30. The zero-order valence-corrected chi connectivity index (χ0v) is 28.7. The van der Waals surface area contributed by atoms with E-state index in [4.69, 9.17) is 14.6 Å². The third kappa shape index (κ3) is 6.92. The van der Waals surface area contributed by atoms with Gasteiger partial charge in [-0.05, 0) is 89.0 Å². The minimum Gasteiger partial charge on any atom is -0.494 e. The normalized spacial score (nSPS) is 12.0. The molecule has 0 spiro atoms. The van der Waals surface area contributed by atoms with Gasteiger partial charge in [0, 0.05) is 17.3 Å². The lowest BCUT2D eigenvalue weighted by Gasteiger charge is -2.10. The van der Waals surface area contributed by atoms with Gasteiger partial charge in [0.1, 0.15) is 23.8 Å². The molecule has 0 aliphatic carbocycles. The number of hydrogen-bond donors (Lipinski definition) is 0. The average molecular weight is 688 g/mol. The van der Waals surface area contributed by atoms with Crippen molar-refractivity contribution >= 4 is 45.3 Å². The second-order valence-corrected chi connectivity index (χ2v) is 13.0. The standard InChI is InChI=1S/C42H33N5O3S/c1-2-25-49-35-20-15-29(16-21-35)17-24-39-43-42-47(44-39)41(48)38(51-42)26-33-27-46(34-12-4-3-5-13-34)45-40(33)31-18-22-36(23-19-31)50-28-32-11-8-10-30-9-6-7-14-37(30)32/h3-24,26-27H,2,25,28H2,1H3/b24-17+,38-26-. The fraction of sp³-hybridized carbons (Fsp3) is 0.0952. The number of aromatic nitrogens is 5. The molecule has 3 heterocycles. The van der Waals surface area contributed by atoms with Crippen molar-refractivity contribution in [2.24, 2.45) is 0 Å². The number of hydrogen-bond acceptors (Lipinski definition) is 7. The molecule has 8 aromatic rings. The number of nitrogens with zero attached hydrogens (tertiary/aromatic N) is 5. The molecule has 3 aromatic heterocycles. The van der Waals surface area contributed by atoms with Gasteiger partial charge in [0.25, 0.3) is 5.56 Å². The van der Waals surface area contributed by atoms with Crippen LogP contribution in [-0.4, -0.2) is 31.0 Å². The molecule has 51 heavy (non-hydrogen) atoms. The summed E-state index contributed by atoms with van der Waals surface area (Å²) in [6, 6.07) is 40.2. The zero-order chi connectivity index (χ0) is 34.6. The molecule has 0 saturated carbocycles. The lowest BCUT2D eigenvalue weighted by molar-refractivity contribution is 0.308. The van der Waals surface area contributed by atoms with Gasteiger partial charge in [0.05, 0.1) is 16.8 Å². The number of thiazole rings is 1. The monoisotopic (exact) mass is 687 g/mol. The van der Waals surface area contributed by atoms with E-state index in [1.165, 1.54) is 26.6 Å². The maximum atomic E-state index is 13.5. The Kier molecular flexibility index (Phi) is 8.93. The van der Waals surface area contributed by atoms with E-state index in [0.717, 1.165) is 51.6 Å². The fourth-order valence-electron chi connectivity index (χ4n) is 5.85. The highest BCUT2D eigenvalue weighted by atomic mass is 32.1. The molecule has 0 aliphatic rings. The number of ether oxygens (including phenoxy) is 2. The van der Waals surface area contributed by atoms with Crippen molar-refractivity contribution in [2.75, 3.05) is 6.61 Å². The Bertz CT molecular complexity index is 2580. The number of para-hydroxylation sites is 1. The van der Waals surface area contributed by atoms with Crippen LogP contribution in [0.15, 0.2) is 132 Å². The molecule has 0 amide bonds. The Hall–Kier alpha value is -6.32. The smallest absolute Gasteiger partial charge is 0.291 e. The first-order valence-electron chi connectivity index (χ1n) is 16.8. The van der Waals surface area contributed by atoms with E-state index < -0.39 is 0 Å². The van der Waals surface area contributed by atoms with E-state index in [-0.39, 0.29) is 5.56 Å². The van der Waals surface area contributed by atoms with E-state index in [9.17, 15) is 4.79 Å². The van der Waals surface area contributed by atoms with Gasteiger partial charge >= 0.3 is 0 Å². The van der Waals surface area contributed by atoms with Crippen LogP contribution in [-0.2, 0) is 6.61 Å². The van der Waals surface area contributed by atoms with Gasteiger partial charge in [-0.1, -0.05) is 97.1 Å². The second-order valence-electron chi connectivity index (χ2n) is 12.0. The van der Waals surface area contributed by atoms with Crippen molar-refractivity contribution < 1.29 is 9.47 Å². The minimum absolute atomic E-state index is 0.227. The van der Waals surface area contributed by atoms with Crippen LogP contribution in [0.4, 0.5) is 0 Å². The van der Waals surface area contributed by atoms with Gasteiger partial charge < -0.3 is 9.47 Å². The van der Waals surface area contributed by atoms with Crippen molar-refractivity contribution in [1.29, 1.82) is 0 Å². The van der Waals surface area contributed by atoms with Crippen LogP contribution in [0, 0.1) is 0 Å². The van der Waals surface area contributed by atoms with Crippen molar-refractivity contribution in [3.63, 3.8) is 0 Å². The molecule has 0 aliphatic heterocycles. The molecule has 9 heteroatoms. The topological polar surface area (TPSA) is 83.5 Å². The number of rotatable bonds is 11. The van der Waals surface area contributed by atoms with Gasteiger partial charge in [-0.3, -0.25) is 4.79 Å². The Labute approximate surface area is 298 Å². The summed E-state index contributed by atoms with van der Waals surface area (Å²) in [5, 5.41) is 11.8. The van der Waals surface area contributed by atoms with Gasteiger partial charge in [-0.15, -0.1) is 5.10 Å². The number of fused-ring (bicyclic) bond motifs is 2. The SMILES string of the molecule is CCCOc1ccc(/C=C/c2nc3s/c(=C\c4cn(-c5ccccc5)nc4-c4ccc(OCc5cccc6ccccc56)cc4)c(=O)n3n2)cc1. The largest absolute Gasteiger partial charge is 0.494 e. The summed E-state index contributed by atoms with van der Waals surface area (Å²) in [4.78, 5) is 18.7. The quantitative estimate of drug-likeness (QED) is 0.136. The van der Waals surface area contributed by atoms with Crippen LogP contribution in [0.2, 0.25) is 0 Å². The molecular formula is C42H33N5O3S. The lowest BCUT2D eigenvalue weighted by atomic mass is 10.1. The Balaban J connectivity index is 1.06. The molecule has 0 N–H and O–H groups in total. The molecule has 0 fully saturated rings. The average Bonchev–Trinajstić information content (AvgIpc) is 3.87. The van der Waals surface area contributed by atoms with Crippen molar-refractivity contribution in [3.05, 3.63) is 165 Å². The van der Waals surface area contributed by atoms with Crippen LogP contribution in [0.5, 0.6) is 11.5 Å². The summed E-state index contributed by atoms with van der Waals surface area (Å²) in [7, 11) is 0. The maximum Gasteiger partial charge on any atom is 0.291 e. The van der Waals surface area contributed by atoms with E-state index in [2.05, 4.69) is 47.3 Å². The molecule has 0 radical (unpaired) electrons. The predicted octanol–water partition coefficient (Wildman–Crippen LogP) is 8.24. The highest BCUT2D eigenvalue weighted by Crippen LogP contribution is 2.28. The minimum atomic E-state index is -0.227. The second kappa shape index (κ2) is 14.3. The first kappa shape index (κ1) is 31.9. The number of benzene rings is 5. The third-order valence-corrected chi connectivity index (χ3v) is 9.39. The first-order chi connectivity index (χ1) is 25.1. The summed E-state index contributed by atoms with van der Waals surface area (Å²) in [5.74, 6) is 2.07. The lowest BCUT2D eigenvalue weighted by Crippen LogP contribution is -2.23. The van der Waals surface area contributed by atoms with Crippen LogP contribution in [0.1, 0.15) is 35.9 Å². The summed E-state index contributed by atoms with van der Waals surface area (Å²) in [6.07, 6.45) is 8.50. The zero-order valence-electron chi connectivity index (χ0n) is 27.8. The van der Waals surface area contributed by atoms with Crippen molar-refractivity contribution in [3.8, 4) is 28.4 Å².